The van der Waals surface area contributed by atoms with Crippen molar-refractivity contribution in [2.45, 2.75) is 18.9 Å². The van der Waals surface area contributed by atoms with Gasteiger partial charge < -0.3 is 9.88 Å². The first-order valence-corrected chi connectivity index (χ1v) is 8.12. The summed E-state index contributed by atoms with van der Waals surface area (Å²) in [6, 6.07) is 1.59. The van der Waals surface area contributed by atoms with E-state index in [9.17, 15) is 9.18 Å². The number of pyridine rings is 1. The molecule has 1 N–H and O–H groups in total. The van der Waals surface area contributed by atoms with Gasteiger partial charge in [0.15, 0.2) is 5.82 Å². The molecular weight excluding hydrogens is 309 g/mol. The molecule has 1 aliphatic heterocycles. The van der Waals surface area contributed by atoms with Gasteiger partial charge in [0.2, 0.25) is 0 Å². The Morgan fingerprint density at radius 1 is 1.38 bits per heavy atom. The Labute approximate surface area is 140 Å². The van der Waals surface area contributed by atoms with Gasteiger partial charge in [0, 0.05) is 26.0 Å². The maximum Gasteiger partial charge on any atom is 0.254 e. The summed E-state index contributed by atoms with van der Waals surface area (Å²) in [4.78, 5) is 22.4. The highest BCUT2D eigenvalue weighted by Gasteiger charge is 2.32. The van der Waals surface area contributed by atoms with Crippen molar-refractivity contribution in [2.75, 3.05) is 20.1 Å². The van der Waals surface area contributed by atoms with Crippen LogP contribution in [-0.4, -0.2) is 45.5 Å². The number of rotatable bonds is 4. The van der Waals surface area contributed by atoms with Gasteiger partial charge in [0.05, 0.1) is 29.8 Å². The number of hydrogen-bond donors (Lipinski definition) is 1. The summed E-state index contributed by atoms with van der Waals surface area (Å²) < 4.78 is 15.7. The van der Waals surface area contributed by atoms with Crippen molar-refractivity contribution in [3.05, 3.63) is 48.1 Å². The average Bonchev–Trinajstić information content (AvgIpc) is 2.99. The molecule has 0 bridgehead atoms. The number of halogens is 1. The van der Waals surface area contributed by atoms with Crippen LogP contribution in [0.5, 0.6) is 0 Å². The number of nitrogens with zero attached hydrogens (tertiary/aromatic N) is 4. The molecule has 24 heavy (non-hydrogen) atoms. The molecule has 1 aliphatic rings. The monoisotopic (exact) mass is 331 g/mol. The van der Waals surface area contributed by atoms with E-state index in [1.807, 2.05) is 17.8 Å². The number of piperidine rings is 1. The van der Waals surface area contributed by atoms with Crippen molar-refractivity contribution >= 4 is 5.91 Å². The van der Waals surface area contributed by atoms with E-state index >= 15 is 0 Å². The summed E-state index contributed by atoms with van der Waals surface area (Å²) >= 11 is 0. The second kappa shape index (κ2) is 7.09. The molecule has 2 aromatic rings. The molecule has 2 aromatic heterocycles. The predicted molar refractivity (Wildman–Crippen MR) is 87.8 cm³/mol. The summed E-state index contributed by atoms with van der Waals surface area (Å²) in [7, 11) is 4.07. The number of aryl methyl sites for hydroxylation is 1. The zero-order valence-electron chi connectivity index (χ0n) is 13.9. The first kappa shape index (κ1) is 16.6. The Kier molecular flexibility index (Phi) is 4.89. The average molecular weight is 331 g/mol. The highest BCUT2D eigenvalue weighted by molar-refractivity contribution is 5.94. The minimum Gasteiger partial charge on any atom is -0.352 e. The lowest BCUT2D eigenvalue weighted by Crippen LogP contribution is -2.42. The van der Waals surface area contributed by atoms with Gasteiger partial charge in [0.1, 0.15) is 0 Å². The molecular formula is C17H22FN5O. The van der Waals surface area contributed by atoms with Crippen molar-refractivity contribution in [1.82, 2.24) is 24.8 Å². The number of imidazole rings is 1. The Bertz CT molecular complexity index is 717. The lowest BCUT2D eigenvalue weighted by atomic mass is 9.87. The highest BCUT2D eigenvalue weighted by Crippen LogP contribution is 2.34. The quantitative estimate of drug-likeness (QED) is 0.927. The minimum atomic E-state index is -0.598. The Morgan fingerprint density at radius 3 is 2.92 bits per heavy atom. The number of carbonyl (C=O) groups is 1. The van der Waals surface area contributed by atoms with Gasteiger partial charge in [0.25, 0.3) is 5.91 Å². The molecule has 3 rings (SSSR count). The zero-order valence-corrected chi connectivity index (χ0v) is 13.9. The maximum absolute atomic E-state index is 13.7. The highest BCUT2D eigenvalue weighted by atomic mass is 19.1. The number of likely N-dealkylation sites (tertiary alicyclic amines) is 1. The summed E-state index contributed by atoms with van der Waals surface area (Å²) in [5.41, 5.74) is 1.16. The summed E-state index contributed by atoms with van der Waals surface area (Å²) in [5.74, 6) is -0.737. The molecule has 1 saturated heterocycles. The smallest absolute Gasteiger partial charge is 0.254 e. The van der Waals surface area contributed by atoms with Crippen LogP contribution in [0.4, 0.5) is 4.39 Å². The number of nitrogens with one attached hydrogen (secondary N) is 1. The summed E-state index contributed by atoms with van der Waals surface area (Å²) in [6.45, 7) is 1.51. The van der Waals surface area contributed by atoms with Crippen LogP contribution in [0.1, 0.15) is 34.9 Å². The third kappa shape index (κ3) is 3.31. The van der Waals surface area contributed by atoms with E-state index in [2.05, 4.69) is 27.2 Å². The summed E-state index contributed by atoms with van der Waals surface area (Å²) in [6.07, 6.45) is 8.24. The number of amides is 1. The Morgan fingerprint density at radius 2 is 2.21 bits per heavy atom. The van der Waals surface area contributed by atoms with E-state index in [1.54, 1.807) is 6.33 Å². The van der Waals surface area contributed by atoms with Crippen LogP contribution in [0.15, 0.2) is 31.0 Å². The molecule has 0 spiro atoms. The third-order valence-electron chi connectivity index (χ3n) is 4.71. The maximum atomic E-state index is 13.7. The standard InChI is InChI=1S/C17H22FN5O/c1-22-7-3-4-12(16(22)15-10-20-11-23(15)2)8-21-17(24)13-5-6-19-9-14(13)18/h5-6,9-12,16H,3-4,7-8H2,1-2H3,(H,21,24)/t12-,16+/m0/s1. The first-order valence-electron chi connectivity index (χ1n) is 8.12. The van der Waals surface area contributed by atoms with Crippen LogP contribution in [0, 0.1) is 11.7 Å². The second-order valence-electron chi connectivity index (χ2n) is 6.32. The van der Waals surface area contributed by atoms with Crippen LogP contribution in [0.25, 0.3) is 0 Å². The SMILES string of the molecule is CN1CCC[C@@H](CNC(=O)c2ccncc2F)[C@@H]1c1cncn1C. The zero-order chi connectivity index (χ0) is 17.1. The van der Waals surface area contributed by atoms with Crippen LogP contribution in [0.3, 0.4) is 0 Å². The van der Waals surface area contributed by atoms with Crippen molar-refractivity contribution < 1.29 is 9.18 Å². The molecule has 6 nitrogen and oxygen atoms in total. The van der Waals surface area contributed by atoms with E-state index in [-0.39, 0.29) is 17.5 Å². The molecule has 128 valence electrons. The third-order valence-corrected chi connectivity index (χ3v) is 4.71. The molecule has 7 heteroatoms. The first-order chi connectivity index (χ1) is 11.6. The Hall–Kier alpha value is -2.28. The molecule has 0 radical (unpaired) electrons. The van der Waals surface area contributed by atoms with Crippen LogP contribution in [-0.2, 0) is 7.05 Å². The second-order valence-corrected chi connectivity index (χ2v) is 6.32. The van der Waals surface area contributed by atoms with Crippen molar-refractivity contribution in [3.63, 3.8) is 0 Å². The fraction of sp³-hybridized carbons (Fsp3) is 0.471. The molecule has 1 fully saturated rings. The van der Waals surface area contributed by atoms with Gasteiger partial charge in [-0.25, -0.2) is 9.37 Å². The van der Waals surface area contributed by atoms with Crippen LogP contribution in [0.2, 0.25) is 0 Å². The number of hydrogen-bond acceptors (Lipinski definition) is 4. The minimum absolute atomic E-state index is 0.0336. The van der Waals surface area contributed by atoms with E-state index in [0.29, 0.717) is 6.54 Å². The van der Waals surface area contributed by atoms with Crippen molar-refractivity contribution in [3.8, 4) is 0 Å². The fourth-order valence-electron chi connectivity index (χ4n) is 3.47. The molecule has 0 unspecified atom stereocenters. The lowest BCUT2D eigenvalue weighted by Gasteiger charge is -2.39. The van der Waals surface area contributed by atoms with E-state index < -0.39 is 11.7 Å². The van der Waals surface area contributed by atoms with Crippen molar-refractivity contribution in [1.29, 1.82) is 0 Å². The van der Waals surface area contributed by atoms with Crippen LogP contribution >= 0.6 is 0 Å². The van der Waals surface area contributed by atoms with Gasteiger partial charge >= 0.3 is 0 Å². The Balaban J connectivity index is 1.72. The van der Waals surface area contributed by atoms with Crippen LogP contribution < -0.4 is 5.32 Å². The van der Waals surface area contributed by atoms with Gasteiger partial charge in [-0.3, -0.25) is 14.7 Å². The van der Waals surface area contributed by atoms with E-state index in [0.717, 1.165) is 31.3 Å². The molecule has 0 saturated carbocycles. The molecule has 0 aliphatic carbocycles. The van der Waals surface area contributed by atoms with Gasteiger partial charge in [-0.05, 0) is 38.4 Å². The van der Waals surface area contributed by atoms with E-state index in [1.165, 1.54) is 12.3 Å². The van der Waals surface area contributed by atoms with Gasteiger partial charge in [-0.15, -0.1) is 0 Å². The molecule has 2 atom stereocenters. The van der Waals surface area contributed by atoms with Gasteiger partial charge in [-0.2, -0.15) is 0 Å². The molecule has 0 aromatic carbocycles. The predicted octanol–water partition coefficient (Wildman–Crippen LogP) is 1.77. The van der Waals surface area contributed by atoms with Crippen molar-refractivity contribution in [2.24, 2.45) is 13.0 Å². The number of aromatic nitrogens is 3. The normalized spacial score (nSPS) is 21.6. The largest absolute Gasteiger partial charge is 0.352 e. The molecule has 1 amide bonds. The topological polar surface area (TPSA) is 63.1 Å². The molecule has 3 heterocycles. The lowest BCUT2D eigenvalue weighted by molar-refractivity contribution is 0.0878. The number of carbonyl (C=O) groups excluding carboxylic acids is 1. The van der Waals surface area contributed by atoms with Gasteiger partial charge in [-0.1, -0.05) is 0 Å². The summed E-state index contributed by atoms with van der Waals surface area (Å²) in [5, 5.41) is 2.88. The fourth-order valence-corrected chi connectivity index (χ4v) is 3.47. The van der Waals surface area contributed by atoms with E-state index in [4.69, 9.17) is 0 Å².